The molecule has 0 saturated carbocycles. The molecule has 4 nitrogen and oxygen atoms in total. The summed E-state index contributed by atoms with van der Waals surface area (Å²) >= 11 is 5.99. The van der Waals surface area contributed by atoms with Gasteiger partial charge in [0.15, 0.2) is 17.2 Å². The quantitative estimate of drug-likeness (QED) is 0.535. The van der Waals surface area contributed by atoms with Gasteiger partial charge < -0.3 is 9.73 Å². The molecule has 24 heavy (non-hydrogen) atoms. The highest BCUT2D eigenvalue weighted by Crippen LogP contribution is 2.33. The maximum absolute atomic E-state index is 5.99. The van der Waals surface area contributed by atoms with E-state index in [9.17, 15) is 0 Å². The molecule has 0 bridgehead atoms. The first kappa shape index (κ1) is 15.0. The molecular formula is C19H16ClN3O. The standard InChI is InChI=1S/C19H16ClN3O/c1-11(2)21-19-17-16(14-5-3-4-6-15(14)24-17)22-18(23-19)12-7-9-13(20)10-8-12/h3-11H,1-2H3,(H,21,22,23). The second kappa shape index (κ2) is 5.80. The monoisotopic (exact) mass is 337 g/mol. The average Bonchev–Trinajstić information content (AvgIpc) is 2.94. The Bertz CT molecular complexity index is 1020. The van der Waals surface area contributed by atoms with Crippen molar-refractivity contribution in [2.24, 2.45) is 0 Å². The first-order chi connectivity index (χ1) is 11.6. The zero-order chi connectivity index (χ0) is 16.7. The number of rotatable bonds is 3. The van der Waals surface area contributed by atoms with Crippen molar-refractivity contribution in [1.29, 1.82) is 0 Å². The summed E-state index contributed by atoms with van der Waals surface area (Å²) in [6.45, 7) is 4.14. The number of furan rings is 1. The Morgan fingerprint density at radius 1 is 1.00 bits per heavy atom. The van der Waals surface area contributed by atoms with Gasteiger partial charge in [0, 0.05) is 22.0 Å². The van der Waals surface area contributed by atoms with Crippen LogP contribution in [0.2, 0.25) is 5.02 Å². The molecule has 2 heterocycles. The lowest BCUT2D eigenvalue weighted by molar-refractivity contribution is 0.665. The van der Waals surface area contributed by atoms with E-state index in [4.69, 9.17) is 21.0 Å². The van der Waals surface area contributed by atoms with Crippen LogP contribution >= 0.6 is 11.6 Å². The Balaban J connectivity index is 2.00. The van der Waals surface area contributed by atoms with Crippen molar-refractivity contribution in [3.05, 3.63) is 53.6 Å². The van der Waals surface area contributed by atoms with E-state index in [0.29, 0.717) is 22.2 Å². The fraction of sp³-hybridized carbons (Fsp3) is 0.158. The van der Waals surface area contributed by atoms with Crippen LogP contribution in [0.4, 0.5) is 5.82 Å². The second-order valence-electron chi connectivity index (χ2n) is 5.98. The van der Waals surface area contributed by atoms with Crippen molar-refractivity contribution in [3.63, 3.8) is 0 Å². The van der Waals surface area contributed by atoms with Crippen LogP contribution in [0.15, 0.2) is 52.9 Å². The lowest BCUT2D eigenvalue weighted by atomic mass is 10.2. The fourth-order valence-electron chi connectivity index (χ4n) is 2.69. The van der Waals surface area contributed by atoms with E-state index in [-0.39, 0.29) is 6.04 Å². The summed E-state index contributed by atoms with van der Waals surface area (Å²) < 4.78 is 5.99. The third kappa shape index (κ3) is 2.59. The second-order valence-corrected chi connectivity index (χ2v) is 6.41. The fourth-order valence-corrected chi connectivity index (χ4v) is 2.82. The highest BCUT2D eigenvalue weighted by atomic mass is 35.5. The molecular weight excluding hydrogens is 322 g/mol. The topological polar surface area (TPSA) is 51.0 Å². The first-order valence-corrected chi connectivity index (χ1v) is 8.21. The summed E-state index contributed by atoms with van der Waals surface area (Å²) in [5.74, 6) is 1.35. The van der Waals surface area contributed by atoms with Gasteiger partial charge in [0.05, 0.1) is 0 Å². The van der Waals surface area contributed by atoms with Crippen molar-refractivity contribution in [3.8, 4) is 11.4 Å². The third-order valence-electron chi connectivity index (χ3n) is 3.75. The lowest BCUT2D eigenvalue weighted by Crippen LogP contribution is -2.12. The van der Waals surface area contributed by atoms with E-state index in [2.05, 4.69) is 24.1 Å². The smallest absolute Gasteiger partial charge is 0.196 e. The Morgan fingerprint density at radius 3 is 2.50 bits per heavy atom. The number of nitrogens with one attached hydrogen (secondary N) is 1. The summed E-state index contributed by atoms with van der Waals surface area (Å²) in [7, 11) is 0. The summed E-state index contributed by atoms with van der Waals surface area (Å²) in [6.07, 6.45) is 0. The zero-order valence-electron chi connectivity index (χ0n) is 13.4. The molecule has 0 aliphatic rings. The van der Waals surface area contributed by atoms with E-state index in [1.54, 1.807) is 0 Å². The van der Waals surface area contributed by atoms with Gasteiger partial charge in [0.1, 0.15) is 11.1 Å². The van der Waals surface area contributed by atoms with Crippen LogP contribution in [-0.2, 0) is 0 Å². The van der Waals surface area contributed by atoms with Crippen molar-refractivity contribution < 1.29 is 4.42 Å². The predicted molar refractivity (Wildman–Crippen MR) is 98.5 cm³/mol. The molecule has 0 amide bonds. The molecule has 5 heteroatoms. The van der Waals surface area contributed by atoms with Gasteiger partial charge in [-0.05, 0) is 50.2 Å². The minimum atomic E-state index is 0.231. The van der Waals surface area contributed by atoms with E-state index < -0.39 is 0 Å². The van der Waals surface area contributed by atoms with Gasteiger partial charge >= 0.3 is 0 Å². The van der Waals surface area contributed by atoms with Gasteiger partial charge in [-0.3, -0.25) is 0 Å². The summed E-state index contributed by atoms with van der Waals surface area (Å²) in [5, 5.41) is 5.03. The molecule has 0 aliphatic carbocycles. The van der Waals surface area contributed by atoms with Gasteiger partial charge in [-0.25, -0.2) is 9.97 Å². The number of anilines is 1. The molecule has 0 aliphatic heterocycles. The Hall–Kier alpha value is -2.59. The number of halogens is 1. The minimum Gasteiger partial charge on any atom is -0.450 e. The lowest BCUT2D eigenvalue weighted by Gasteiger charge is -2.10. The third-order valence-corrected chi connectivity index (χ3v) is 4.00. The Labute approximate surface area is 144 Å². The maximum atomic E-state index is 5.99. The zero-order valence-corrected chi connectivity index (χ0v) is 14.1. The predicted octanol–water partition coefficient (Wildman–Crippen LogP) is 5.52. The maximum Gasteiger partial charge on any atom is 0.196 e. The van der Waals surface area contributed by atoms with Crippen molar-refractivity contribution in [2.75, 3.05) is 5.32 Å². The van der Waals surface area contributed by atoms with Gasteiger partial charge in [0.2, 0.25) is 0 Å². The van der Waals surface area contributed by atoms with Gasteiger partial charge in [-0.15, -0.1) is 0 Å². The van der Waals surface area contributed by atoms with Gasteiger partial charge in [-0.2, -0.15) is 0 Å². The number of hydrogen-bond donors (Lipinski definition) is 1. The van der Waals surface area contributed by atoms with Crippen LogP contribution in [0, 0.1) is 0 Å². The van der Waals surface area contributed by atoms with E-state index in [1.165, 1.54) is 0 Å². The first-order valence-electron chi connectivity index (χ1n) is 7.83. The highest BCUT2D eigenvalue weighted by molar-refractivity contribution is 6.30. The van der Waals surface area contributed by atoms with Crippen LogP contribution in [-0.4, -0.2) is 16.0 Å². The molecule has 4 aromatic rings. The number of hydrogen-bond acceptors (Lipinski definition) is 4. The minimum absolute atomic E-state index is 0.231. The Kier molecular flexibility index (Phi) is 3.62. The largest absolute Gasteiger partial charge is 0.450 e. The van der Waals surface area contributed by atoms with E-state index in [1.807, 2.05) is 48.5 Å². The SMILES string of the molecule is CC(C)Nc1nc(-c2ccc(Cl)cc2)nc2c1oc1ccccc12. The van der Waals surface area contributed by atoms with Crippen molar-refractivity contribution in [2.45, 2.75) is 19.9 Å². The van der Waals surface area contributed by atoms with Crippen molar-refractivity contribution in [1.82, 2.24) is 9.97 Å². The number of para-hydroxylation sites is 1. The van der Waals surface area contributed by atoms with Crippen LogP contribution in [0.5, 0.6) is 0 Å². The molecule has 4 rings (SSSR count). The summed E-state index contributed by atoms with van der Waals surface area (Å²) in [5.41, 5.74) is 3.22. The molecule has 0 radical (unpaired) electrons. The van der Waals surface area contributed by atoms with Gasteiger partial charge in [-0.1, -0.05) is 23.7 Å². The van der Waals surface area contributed by atoms with Crippen LogP contribution in [0.3, 0.4) is 0 Å². The number of nitrogens with zero attached hydrogens (tertiary/aromatic N) is 2. The van der Waals surface area contributed by atoms with E-state index in [0.717, 1.165) is 22.0 Å². The molecule has 0 atom stereocenters. The Morgan fingerprint density at radius 2 is 1.75 bits per heavy atom. The molecule has 1 N–H and O–H groups in total. The van der Waals surface area contributed by atoms with Crippen LogP contribution in [0.25, 0.3) is 33.5 Å². The molecule has 2 aromatic heterocycles. The summed E-state index contributed by atoms with van der Waals surface area (Å²) in [6, 6.07) is 15.6. The number of benzene rings is 2. The summed E-state index contributed by atoms with van der Waals surface area (Å²) in [4.78, 5) is 9.42. The molecule has 0 fully saturated rings. The number of aromatic nitrogens is 2. The molecule has 0 unspecified atom stereocenters. The normalized spacial score (nSPS) is 11.5. The molecule has 0 saturated heterocycles. The highest BCUT2D eigenvalue weighted by Gasteiger charge is 2.16. The van der Waals surface area contributed by atoms with Gasteiger partial charge in [0.25, 0.3) is 0 Å². The molecule has 0 spiro atoms. The van der Waals surface area contributed by atoms with E-state index >= 15 is 0 Å². The molecule has 2 aromatic carbocycles. The van der Waals surface area contributed by atoms with Crippen molar-refractivity contribution >= 4 is 39.5 Å². The van der Waals surface area contributed by atoms with Crippen LogP contribution < -0.4 is 5.32 Å². The average molecular weight is 338 g/mol. The number of fused-ring (bicyclic) bond motifs is 3. The molecule has 120 valence electrons. The van der Waals surface area contributed by atoms with Crippen LogP contribution in [0.1, 0.15) is 13.8 Å².